The molecule has 0 bridgehead atoms. The van der Waals surface area contributed by atoms with Gasteiger partial charge in [-0.05, 0) is 35.7 Å². The van der Waals surface area contributed by atoms with Crippen LogP contribution in [0.15, 0.2) is 60.9 Å². The van der Waals surface area contributed by atoms with Gasteiger partial charge in [0.2, 0.25) is 0 Å². The molecule has 3 aromatic rings. The van der Waals surface area contributed by atoms with Crippen LogP contribution < -0.4 is 0 Å². The quantitative estimate of drug-likeness (QED) is 0.643. The lowest BCUT2D eigenvalue weighted by Crippen LogP contribution is -1.96. The lowest BCUT2D eigenvalue weighted by Gasteiger charge is -2.06. The Morgan fingerprint density at radius 3 is 2.55 bits per heavy atom. The van der Waals surface area contributed by atoms with Crippen molar-refractivity contribution in [3.05, 3.63) is 72.1 Å². The molecular weight excluding hydrogens is 268 g/mol. The van der Waals surface area contributed by atoms with E-state index in [1.807, 2.05) is 41.3 Å². The molecule has 0 aliphatic carbocycles. The molecule has 0 fully saturated rings. The molecule has 100 valence electrons. The Morgan fingerprint density at radius 2 is 1.85 bits per heavy atom. The zero-order valence-corrected chi connectivity index (χ0v) is 12.0. The fourth-order valence-electron chi connectivity index (χ4n) is 2.22. The minimum absolute atomic E-state index is 0.542. The minimum atomic E-state index is 0.542. The van der Waals surface area contributed by atoms with Crippen LogP contribution in [0.1, 0.15) is 11.1 Å². The molecule has 2 aromatic carbocycles. The van der Waals surface area contributed by atoms with Gasteiger partial charge in [0.25, 0.3) is 0 Å². The maximum atomic E-state index is 5.89. The number of rotatable bonds is 3. The van der Waals surface area contributed by atoms with Gasteiger partial charge >= 0.3 is 0 Å². The van der Waals surface area contributed by atoms with Crippen molar-refractivity contribution in [1.29, 1.82) is 0 Å². The Balaban J connectivity index is 1.96. The van der Waals surface area contributed by atoms with Crippen molar-refractivity contribution < 1.29 is 0 Å². The van der Waals surface area contributed by atoms with Crippen LogP contribution in [0.4, 0.5) is 0 Å². The van der Waals surface area contributed by atoms with Crippen LogP contribution in [0, 0.1) is 6.92 Å². The van der Waals surface area contributed by atoms with Gasteiger partial charge in [0.05, 0.1) is 11.9 Å². The molecule has 20 heavy (non-hydrogen) atoms. The predicted molar refractivity (Wildman–Crippen MR) is 83.3 cm³/mol. The predicted octanol–water partition coefficient (Wildman–Crippen LogP) is 4.59. The van der Waals surface area contributed by atoms with Crippen molar-refractivity contribution >= 4 is 11.6 Å². The van der Waals surface area contributed by atoms with Gasteiger partial charge in [0, 0.05) is 17.6 Å². The normalized spacial score (nSPS) is 10.7. The van der Waals surface area contributed by atoms with E-state index in [2.05, 4.69) is 36.3 Å². The van der Waals surface area contributed by atoms with Crippen molar-refractivity contribution in [3.63, 3.8) is 0 Å². The van der Waals surface area contributed by atoms with Gasteiger partial charge < -0.3 is 0 Å². The number of hydrogen-bond donors (Lipinski definition) is 0. The summed E-state index contributed by atoms with van der Waals surface area (Å²) in [7, 11) is 0. The van der Waals surface area contributed by atoms with E-state index in [4.69, 9.17) is 11.6 Å². The summed E-state index contributed by atoms with van der Waals surface area (Å²) < 4.78 is 1.90. The van der Waals surface area contributed by atoms with Crippen LogP contribution in [-0.4, -0.2) is 9.78 Å². The third kappa shape index (κ3) is 2.47. The summed E-state index contributed by atoms with van der Waals surface area (Å²) in [5.41, 5.74) is 5.69. The summed E-state index contributed by atoms with van der Waals surface area (Å²) in [6.07, 6.45) is 3.94. The summed E-state index contributed by atoms with van der Waals surface area (Å²) >= 11 is 5.89. The molecule has 3 heteroatoms. The summed E-state index contributed by atoms with van der Waals surface area (Å²) in [6, 6.07) is 16.5. The highest BCUT2D eigenvalue weighted by Gasteiger charge is 2.04. The number of aromatic nitrogens is 2. The molecule has 0 saturated carbocycles. The monoisotopic (exact) mass is 282 g/mol. The van der Waals surface area contributed by atoms with Crippen molar-refractivity contribution in [3.8, 4) is 16.8 Å². The van der Waals surface area contributed by atoms with E-state index in [-0.39, 0.29) is 0 Å². The van der Waals surface area contributed by atoms with Gasteiger partial charge in [0.1, 0.15) is 0 Å². The second-order valence-electron chi connectivity index (χ2n) is 4.78. The molecular formula is C17H15ClN2. The Bertz CT molecular complexity index is 717. The summed E-state index contributed by atoms with van der Waals surface area (Å²) in [5.74, 6) is 0.542. The first-order valence-corrected chi connectivity index (χ1v) is 7.07. The number of alkyl halides is 1. The fraction of sp³-hybridized carbons (Fsp3) is 0.118. The average Bonchev–Trinajstić information content (AvgIpc) is 2.98. The Labute approximate surface area is 123 Å². The minimum Gasteiger partial charge on any atom is -0.240 e. The first-order valence-electron chi connectivity index (χ1n) is 6.54. The molecule has 0 radical (unpaired) electrons. The molecule has 3 rings (SSSR count). The van der Waals surface area contributed by atoms with Crippen LogP contribution in [0.5, 0.6) is 0 Å². The molecule has 0 aliphatic heterocycles. The van der Waals surface area contributed by atoms with Crippen molar-refractivity contribution in [2.24, 2.45) is 0 Å². The Kier molecular flexibility index (Phi) is 3.57. The van der Waals surface area contributed by atoms with Crippen molar-refractivity contribution in [2.75, 3.05) is 0 Å². The lowest BCUT2D eigenvalue weighted by molar-refractivity contribution is 0.878. The Hall–Kier alpha value is -2.06. The number of halogens is 1. The van der Waals surface area contributed by atoms with E-state index in [0.29, 0.717) is 5.88 Å². The molecule has 0 aliphatic rings. The lowest BCUT2D eigenvalue weighted by atomic mass is 10.1. The van der Waals surface area contributed by atoms with Gasteiger partial charge in [-0.1, -0.05) is 36.4 Å². The molecule has 0 N–H and O–H groups in total. The van der Waals surface area contributed by atoms with E-state index in [1.54, 1.807) is 0 Å². The smallest absolute Gasteiger partial charge is 0.0648 e. The van der Waals surface area contributed by atoms with E-state index >= 15 is 0 Å². The molecule has 0 saturated heterocycles. The fourth-order valence-corrected chi connectivity index (χ4v) is 2.52. The van der Waals surface area contributed by atoms with Crippen molar-refractivity contribution in [1.82, 2.24) is 9.78 Å². The van der Waals surface area contributed by atoms with E-state index < -0.39 is 0 Å². The molecule has 0 amide bonds. The van der Waals surface area contributed by atoms with Crippen LogP contribution >= 0.6 is 11.6 Å². The van der Waals surface area contributed by atoms with Gasteiger partial charge in [-0.3, -0.25) is 0 Å². The van der Waals surface area contributed by atoms with Crippen molar-refractivity contribution in [2.45, 2.75) is 12.8 Å². The first kappa shape index (κ1) is 12.9. The molecule has 0 atom stereocenters. The maximum Gasteiger partial charge on any atom is 0.0648 e. The number of hydrogen-bond acceptors (Lipinski definition) is 1. The van der Waals surface area contributed by atoms with E-state index in [9.17, 15) is 0 Å². The topological polar surface area (TPSA) is 17.8 Å². The largest absolute Gasteiger partial charge is 0.240 e. The van der Waals surface area contributed by atoms with E-state index in [1.165, 1.54) is 11.1 Å². The number of nitrogens with zero attached hydrogens (tertiary/aromatic N) is 2. The van der Waals surface area contributed by atoms with Crippen LogP contribution in [0.2, 0.25) is 0 Å². The third-order valence-electron chi connectivity index (χ3n) is 3.42. The number of benzene rings is 2. The molecule has 1 heterocycles. The highest BCUT2D eigenvalue weighted by atomic mass is 35.5. The van der Waals surface area contributed by atoms with Crippen LogP contribution in [0.25, 0.3) is 16.8 Å². The summed E-state index contributed by atoms with van der Waals surface area (Å²) in [4.78, 5) is 0. The van der Waals surface area contributed by atoms with Gasteiger partial charge in [-0.25, -0.2) is 4.68 Å². The van der Waals surface area contributed by atoms with Crippen LogP contribution in [0.3, 0.4) is 0 Å². The summed E-state index contributed by atoms with van der Waals surface area (Å²) in [5, 5.41) is 4.44. The van der Waals surface area contributed by atoms with E-state index in [0.717, 1.165) is 16.8 Å². The standard InChI is InChI=1S/C17H15ClN2/c1-13-9-17(8-7-15(13)10-18)20-12-16(11-19-20)14-5-3-2-4-6-14/h2-9,11-12H,10H2,1H3. The first-order chi connectivity index (χ1) is 9.78. The zero-order chi connectivity index (χ0) is 13.9. The van der Waals surface area contributed by atoms with Crippen LogP contribution in [-0.2, 0) is 5.88 Å². The highest BCUT2D eigenvalue weighted by Crippen LogP contribution is 2.21. The molecule has 1 aromatic heterocycles. The molecule has 0 unspecified atom stereocenters. The molecule has 0 spiro atoms. The second kappa shape index (κ2) is 5.51. The second-order valence-corrected chi connectivity index (χ2v) is 5.05. The SMILES string of the molecule is Cc1cc(-n2cc(-c3ccccc3)cn2)ccc1CCl. The van der Waals surface area contributed by atoms with Gasteiger partial charge in [0.15, 0.2) is 0 Å². The maximum absolute atomic E-state index is 5.89. The van der Waals surface area contributed by atoms with Gasteiger partial charge in [-0.2, -0.15) is 5.10 Å². The Morgan fingerprint density at radius 1 is 1.05 bits per heavy atom. The zero-order valence-electron chi connectivity index (χ0n) is 11.3. The highest BCUT2D eigenvalue weighted by molar-refractivity contribution is 6.17. The van der Waals surface area contributed by atoms with Gasteiger partial charge in [-0.15, -0.1) is 11.6 Å². The number of aryl methyl sites for hydroxylation is 1. The molecule has 2 nitrogen and oxygen atoms in total. The average molecular weight is 283 g/mol. The summed E-state index contributed by atoms with van der Waals surface area (Å²) in [6.45, 7) is 2.07. The third-order valence-corrected chi connectivity index (χ3v) is 3.71.